The maximum Gasteiger partial charge on any atom is 0.251 e. The summed E-state index contributed by atoms with van der Waals surface area (Å²) in [6.45, 7) is 3.30. The molecule has 0 unspecified atom stereocenters. The number of carbonyl (C=O) groups is 1. The lowest BCUT2D eigenvalue weighted by Crippen LogP contribution is -2.46. The lowest BCUT2D eigenvalue weighted by molar-refractivity contribution is -0.131. The minimum Gasteiger partial charge on any atom is -0.340 e. The number of nitrogens with one attached hydrogen (secondary N) is 2. The Morgan fingerprint density at radius 2 is 2.22 bits per heavy atom. The Labute approximate surface area is 109 Å². The number of hydrogen-bond acceptors (Lipinski definition) is 5. The first-order chi connectivity index (χ1) is 8.75. The zero-order chi connectivity index (χ0) is 12.8. The Balaban J connectivity index is 1.74. The maximum atomic E-state index is 11.8. The van der Waals surface area contributed by atoms with Crippen LogP contribution in [0.3, 0.4) is 0 Å². The SMILES string of the molecule is O=C(CCSc1nccc(=O)[nH]1)N1CCNCC1. The minimum absolute atomic E-state index is 0.166. The molecule has 1 saturated heterocycles. The van der Waals surface area contributed by atoms with Crippen molar-refractivity contribution in [2.45, 2.75) is 11.6 Å². The fourth-order valence-corrected chi connectivity index (χ4v) is 2.51. The topological polar surface area (TPSA) is 78.1 Å². The van der Waals surface area contributed by atoms with Crippen LogP contribution in [0.25, 0.3) is 0 Å². The second-order valence-electron chi connectivity index (χ2n) is 3.97. The molecule has 2 N–H and O–H groups in total. The first-order valence-electron chi connectivity index (χ1n) is 5.92. The summed E-state index contributed by atoms with van der Waals surface area (Å²) in [6, 6.07) is 1.37. The molecule has 1 aromatic heterocycles. The average molecular weight is 268 g/mol. The fourth-order valence-electron chi connectivity index (χ4n) is 1.73. The molecule has 0 radical (unpaired) electrons. The van der Waals surface area contributed by atoms with Gasteiger partial charge in [0.1, 0.15) is 0 Å². The number of aromatic nitrogens is 2. The standard InChI is InChI=1S/C11H16N4O2S/c16-9-1-3-13-11(14-9)18-8-2-10(17)15-6-4-12-5-7-15/h1,3,12H,2,4-8H2,(H,13,14,16). The Morgan fingerprint density at radius 1 is 1.44 bits per heavy atom. The summed E-state index contributed by atoms with van der Waals surface area (Å²) in [6.07, 6.45) is 1.95. The van der Waals surface area contributed by atoms with Gasteiger partial charge in [-0.1, -0.05) is 11.8 Å². The number of carbonyl (C=O) groups excluding carboxylic acids is 1. The van der Waals surface area contributed by atoms with Crippen LogP contribution in [-0.2, 0) is 4.79 Å². The molecule has 1 aromatic rings. The van der Waals surface area contributed by atoms with Crippen molar-refractivity contribution in [1.82, 2.24) is 20.2 Å². The van der Waals surface area contributed by atoms with Gasteiger partial charge in [0.25, 0.3) is 5.56 Å². The van der Waals surface area contributed by atoms with Gasteiger partial charge in [-0.2, -0.15) is 0 Å². The zero-order valence-corrected chi connectivity index (χ0v) is 10.8. The summed E-state index contributed by atoms with van der Waals surface area (Å²) in [7, 11) is 0. The van der Waals surface area contributed by atoms with Gasteiger partial charge in [-0.3, -0.25) is 9.59 Å². The highest BCUT2D eigenvalue weighted by molar-refractivity contribution is 7.99. The third-order valence-corrected chi connectivity index (χ3v) is 3.56. The van der Waals surface area contributed by atoms with E-state index in [2.05, 4.69) is 15.3 Å². The molecule has 0 aromatic carbocycles. The summed E-state index contributed by atoms with van der Waals surface area (Å²) < 4.78 is 0. The van der Waals surface area contributed by atoms with Gasteiger partial charge in [-0.15, -0.1) is 0 Å². The van der Waals surface area contributed by atoms with Crippen LogP contribution >= 0.6 is 11.8 Å². The van der Waals surface area contributed by atoms with E-state index in [1.807, 2.05) is 4.90 Å². The van der Waals surface area contributed by atoms with Gasteiger partial charge < -0.3 is 15.2 Å². The number of thioether (sulfide) groups is 1. The van der Waals surface area contributed by atoms with Gasteiger partial charge in [-0.25, -0.2) is 4.98 Å². The molecule has 1 fully saturated rings. The lowest BCUT2D eigenvalue weighted by atomic mass is 10.3. The number of aromatic amines is 1. The normalized spacial score (nSPS) is 15.7. The smallest absolute Gasteiger partial charge is 0.251 e. The van der Waals surface area contributed by atoms with Crippen molar-refractivity contribution in [2.24, 2.45) is 0 Å². The molecule has 0 aliphatic carbocycles. The molecule has 6 nitrogen and oxygen atoms in total. The average Bonchev–Trinajstić information content (AvgIpc) is 2.40. The van der Waals surface area contributed by atoms with Gasteiger partial charge in [0.2, 0.25) is 5.91 Å². The van der Waals surface area contributed by atoms with Gasteiger partial charge in [0.05, 0.1) is 0 Å². The molecule has 0 bridgehead atoms. The molecule has 0 saturated carbocycles. The second-order valence-corrected chi connectivity index (χ2v) is 5.05. The summed E-state index contributed by atoms with van der Waals surface area (Å²) in [4.78, 5) is 31.4. The summed E-state index contributed by atoms with van der Waals surface area (Å²) in [5.74, 6) is 0.803. The van der Waals surface area contributed by atoms with Crippen LogP contribution in [0.15, 0.2) is 22.2 Å². The van der Waals surface area contributed by atoms with Crippen molar-refractivity contribution in [3.05, 3.63) is 22.6 Å². The number of piperazine rings is 1. The van der Waals surface area contributed by atoms with Crippen LogP contribution in [0.2, 0.25) is 0 Å². The molecule has 1 aliphatic heterocycles. The summed E-state index contributed by atoms with van der Waals surface area (Å²) in [5, 5.41) is 3.77. The fraction of sp³-hybridized carbons (Fsp3) is 0.545. The predicted molar refractivity (Wildman–Crippen MR) is 69.6 cm³/mol. The molecule has 98 valence electrons. The Morgan fingerprint density at radius 3 is 2.94 bits per heavy atom. The van der Waals surface area contributed by atoms with E-state index in [0.29, 0.717) is 17.3 Å². The third-order valence-electron chi connectivity index (χ3n) is 2.67. The van der Waals surface area contributed by atoms with E-state index in [1.54, 1.807) is 0 Å². The van der Waals surface area contributed by atoms with Crippen molar-refractivity contribution in [2.75, 3.05) is 31.9 Å². The van der Waals surface area contributed by atoms with E-state index in [-0.39, 0.29) is 11.5 Å². The number of amides is 1. The highest BCUT2D eigenvalue weighted by Gasteiger charge is 2.15. The van der Waals surface area contributed by atoms with Crippen molar-refractivity contribution in [3.63, 3.8) is 0 Å². The third kappa shape index (κ3) is 3.85. The molecule has 0 spiro atoms. The monoisotopic (exact) mass is 268 g/mol. The first kappa shape index (κ1) is 13.1. The van der Waals surface area contributed by atoms with E-state index < -0.39 is 0 Å². The van der Waals surface area contributed by atoms with Crippen molar-refractivity contribution in [3.8, 4) is 0 Å². The van der Waals surface area contributed by atoms with E-state index in [4.69, 9.17) is 0 Å². The maximum absolute atomic E-state index is 11.8. The van der Waals surface area contributed by atoms with Gasteiger partial charge >= 0.3 is 0 Å². The molecule has 1 aliphatic rings. The van der Waals surface area contributed by atoms with Crippen LogP contribution in [0.4, 0.5) is 0 Å². The van der Waals surface area contributed by atoms with E-state index in [1.165, 1.54) is 24.0 Å². The summed E-state index contributed by atoms with van der Waals surface area (Å²) in [5.41, 5.74) is -0.166. The minimum atomic E-state index is -0.166. The first-order valence-corrected chi connectivity index (χ1v) is 6.91. The predicted octanol–water partition coefficient (Wildman–Crippen LogP) is -0.316. The van der Waals surface area contributed by atoms with Crippen LogP contribution in [0.5, 0.6) is 0 Å². The van der Waals surface area contributed by atoms with Gasteiger partial charge in [0.15, 0.2) is 5.16 Å². The van der Waals surface area contributed by atoms with E-state index in [0.717, 1.165) is 26.2 Å². The quantitative estimate of drug-likeness (QED) is 0.578. The van der Waals surface area contributed by atoms with Crippen LogP contribution in [-0.4, -0.2) is 52.7 Å². The second kappa shape index (κ2) is 6.55. The Bertz CT molecular complexity index is 456. The number of hydrogen-bond donors (Lipinski definition) is 2. The highest BCUT2D eigenvalue weighted by Crippen LogP contribution is 2.12. The Kier molecular flexibility index (Phi) is 4.77. The summed E-state index contributed by atoms with van der Waals surface area (Å²) >= 11 is 1.40. The lowest BCUT2D eigenvalue weighted by Gasteiger charge is -2.27. The molecule has 1 amide bonds. The van der Waals surface area contributed by atoms with Crippen LogP contribution in [0.1, 0.15) is 6.42 Å². The van der Waals surface area contributed by atoms with E-state index >= 15 is 0 Å². The van der Waals surface area contributed by atoms with Crippen LogP contribution in [0, 0.1) is 0 Å². The molecular formula is C11H16N4O2S. The highest BCUT2D eigenvalue weighted by atomic mass is 32.2. The zero-order valence-electron chi connectivity index (χ0n) is 10.0. The van der Waals surface area contributed by atoms with Crippen molar-refractivity contribution in [1.29, 1.82) is 0 Å². The number of nitrogens with zero attached hydrogens (tertiary/aromatic N) is 2. The van der Waals surface area contributed by atoms with Crippen molar-refractivity contribution >= 4 is 17.7 Å². The number of H-pyrrole nitrogens is 1. The molecule has 18 heavy (non-hydrogen) atoms. The van der Waals surface area contributed by atoms with Crippen molar-refractivity contribution < 1.29 is 4.79 Å². The molecular weight excluding hydrogens is 252 g/mol. The molecule has 0 atom stereocenters. The Hall–Kier alpha value is -1.34. The van der Waals surface area contributed by atoms with Crippen LogP contribution < -0.4 is 10.9 Å². The molecule has 7 heteroatoms. The number of rotatable bonds is 4. The molecule has 2 heterocycles. The van der Waals surface area contributed by atoms with Gasteiger partial charge in [-0.05, 0) is 0 Å². The largest absolute Gasteiger partial charge is 0.340 e. The molecule has 2 rings (SSSR count). The van der Waals surface area contributed by atoms with E-state index in [9.17, 15) is 9.59 Å². The van der Waals surface area contributed by atoms with Gasteiger partial charge in [0, 0.05) is 50.6 Å².